The molecule has 0 radical (unpaired) electrons. The fourth-order valence-electron chi connectivity index (χ4n) is 8.94. The van der Waals surface area contributed by atoms with Gasteiger partial charge in [-0.2, -0.15) is 0 Å². The topological polar surface area (TPSA) is 50.9 Å². The van der Waals surface area contributed by atoms with Gasteiger partial charge in [0.25, 0.3) is 0 Å². The second kappa shape index (κ2) is 18.5. The maximum Gasteiger partial charge on any atom is 0.148 e. The van der Waals surface area contributed by atoms with Crippen LogP contribution in [0.5, 0.6) is 5.75 Å². The number of phenolic OH excluding ortho intramolecular Hbond substituents is 1. The largest absolute Gasteiger partial charge is 0.507 e. The molecule has 2 heterocycles. The first-order chi connectivity index (χ1) is 33.5. The van der Waals surface area contributed by atoms with Crippen LogP contribution < -0.4 is 0 Å². The Morgan fingerprint density at radius 2 is 1.07 bits per heavy atom. The number of aryl methyl sites for hydroxylation is 1. The number of para-hydroxylation sites is 2. The molecule has 1 N–H and O–H groups in total. The van der Waals surface area contributed by atoms with E-state index >= 15 is 0 Å². The van der Waals surface area contributed by atoms with Crippen LogP contribution in [0.4, 0.5) is 0 Å². The van der Waals surface area contributed by atoms with E-state index in [9.17, 15) is 5.11 Å². The Labute approximate surface area is 419 Å². The number of benzene rings is 8. The Morgan fingerprint density at radius 1 is 0.500 bits per heavy atom. The zero-order valence-corrected chi connectivity index (χ0v) is 41.4. The van der Waals surface area contributed by atoms with Crippen molar-refractivity contribution in [2.75, 3.05) is 0 Å². The molecule has 0 saturated carbocycles. The number of hydrogen-bond acceptors (Lipinski definition) is 3. The summed E-state index contributed by atoms with van der Waals surface area (Å²) in [4.78, 5) is 10.4. The number of aromatic hydroxyl groups is 1. The van der Waals surface area contributed by atoms with Gasteiger partial charge in [-0.25, -0.2) is 4.98 Å². The molecule has 5 heteroatoms. The van der Waals surface area contributed by atoms with Gasteiger partial charge in [0.15, 0.2) is 0 Å². The average molecular weight is 1070 g/mol. The van der Waals surface area contributed by atoms with Crippen molar-refractivity contribution in [3.05, 3.63) is 217 Å². The minimum Gasteiger partial charge on any atom is -0.507 e. The first kappa shape index (κ1) is 42.2. The maximum absolute atomic E-state index is 11.6. The van der Waals surface area contributed by atoms with Gasteiger partial charge in [-0.3, -0.25) is 9.55 Å². The third-order valence-corrected chi connectivity index (χ3v) is 12.7. The van der Waals surface area contributed by atoms with Crippen LogP contribution in [0.15, 0.2) is 194 Å². The third-order valence-electron chi connectivity index (χ3n) is 12.7. The van der Waals surface area contributed by atoms with Crippen LogP contribution in [0, 0.1) is 12.9 Å². The van der Waals surface area contributed by atoms with Crippen LogP contribution in [-0.4, -0.2) is 19.6 Å². The number of imidazole rings is 1. The standard InChI is InChI=1S/C63H54N3O.Pt/c1-41-35-58(55(40-54(41)45-19-12-9-13-20-45)46-29-31-50(32-30-46)62(2,3)4)66-57-23-16-22-52(60(57)65-61(66)53-21-14-15-24-59(53)67)48-36-49(38-51(37-48)63(5,6)7)56-39-47(33-34-64-56)44-27-25-43(26-28-44)42-17-10-8-11-18-42;/h8-35,37-40,67H,1-7H3;/q-1;/i1D3;. The van der Waals surface area contributed by atoms with Crippen molar-refractivity contribution in [3.8, 4) is 89.7 Å². The Bertz CT molecular complexity index is 3530. The summed E-state index contributed by atoms with van der Waals surface area (Å²) in [5.41, 5.74) is 15.7. The summed E-state index contributed by atoms with van der Waals surface area (Å²) in [7, 11) is 0. The van der Waals surface area contributed by atoms with Crippen LogP contribution in [0.1, 0.15) is 62.3 Å². The summed E-state index contributed by atoms with van der Waals surface area (Å²) in [6.45, 7) is 10.7. The van der Waals surface area contributed by atoms with E-state index in [1.807, 2.05) is 83.6 Å². The molecular weight excluding hydrogens is 1010 g/mol. The molecule has 0 spiro atoms. The van der Waals surface area contributed by atoms with Gasteiger partial charge in [0, 0.05) is 42.6 Å². The molecule has 338 valence electrons. The van der Waals surface area contributed by atoms with E-state index in [-0.39, 0.29) is 43.2 Å². The molecule has 68 heavy (non-hydrogen) atoms. The van der Waals surface area contributed by atoms with Gasteiger partial charge in [-0.15, -0.1) is 29.3 Å². The molecule has 0 atom stereocenters. The SMILES string of the molecule is [2H]C([2H])([2H])c1cc(-n2c(-c3ccccc3O)nc3c(-c4[c-]c(-c5cc(-c6ccc(-c7ccccc7)cc6)ccn5)cc(C(C)(C)C)c4)cccc32)c(-c2ccc(C(C)(C)C)cc2)cc1-c1ccccc1.[Pt]. The van der Waals surface area contributed by atoms with E-state index in [4.69, 9.17) is 14.1 Å². The van der Waals surface area contributed by atoms with E-state index in [0.29, 0.717) is 28.2 Å². The van der Waals surface area contributed by atoms with E-state index in [1.165, 1.54) is 11.1 Å². The summed E-state index contributed by atoms with van der Waals surface area (Å²) >= 11 is 0. The van der Waals surface area contributed by atoms with Gasteiger partial charge in [0.05, 0.1) is 22.3 Å². The number of phenols is 1. The zero-order chi connectivity index (χ0) is 49.0. The second-order valence-electron chi connectivity index (χ2n) is 19.4. The minimum atomic E-state index is -2.47. The molecule has 0 amide bonds. The maximum atomic E-state index is 11.6. The number of aromatic nitrogens is 3. The molecule has 10 rings (SSSR count). The van der Waals surface area contributed by atoms with Crippen LogP contribution in [0.3, 0.4) is 0 Å². The summed E-state index contributed by atoms with van der Waals surface area (Å²) < 4.78 is 28.8. The molecule has 4 nitrogen and oxygen atoms in total. The van der Waals surface area contributed by atoms with Gasteiger partial charge in [0.1, 0.15) is 11.6 Å². The van der Waals surface area contributed by atoms with E-state index in [0.717, 1.165) is 66.8 Å². The van der Waals surface area contributed by atoms with Gasteiger partial charge in [-0.1, -0.05) is 192 Å². The van der Waals surface area contributed by atoms with Gasteiger partial charge < -0.3 is 5.11 Å². The molecule has 8 aromatic carbocycles. The van der Waals surface area contributed by atoms with E-state index in [2.05, 4.69) is 145 Å². The molecule has 0 unspecified atom stereocenters. The normalized spacial score (nSPS) is 12.5. The molecule has 10 aromatic rings. The number of nitrogens with zero attached hydrogens (tertiary/aromatic N) is 3. The van der Waals surface area contributed by atoms with Gasteiger partial charge >= 0.3 is 0 Å². The van der Waals surface area contributed by atoms with Crippen molar-refractivity contribution in [1.82, 2.24) is 14.5 Å². The van der Waals surface area contributed by atoms with Gasteiger partial charge in [-0.05, 0) is 104 Å². The fourth-order valence-corrected chi connectivity index (χ4v) is 8.94. The zero-order valence-electron chi connectivity index (χ0n) is 42.1. The molecule has 0 fully saturated rings. The van der Waals surface area contributed by atoms with E-state index < -0.39 is 6.85 Å². The fraction of sp³-hybridized carbons (Fsp3) is 0.143. The smallest absolute Gasteiger partial charge is 0.148 e. The Balaban J connectivity index is 0.00000624. The number of rotatable bonds is 8. The predicted molar refractivity (Wildman–Crippen MR) is 280 cm³/mol. The molecule has 0 aliphatic rings. The first-order valence-electron chi connectivity index (χ1n) is 24.4. The van der Waals surface area contributed by atoms with Crippen LogP contribution in [0.25, 0.3) is 95.0 Å². The summed E-state index contributed by atoms with van der Waals surface area (Å²) in [6.07, 6.45) is 1.86. The monoisotopic (exact) mass is 1070 g/mol. The van der Waals surface area contributed by atoms with Crippen molar-refractivity contribution in [2.24, 2.45) is 0 Å². The number of fused-ring (bicyclic) bond motifs is 1. The second-order valence-corrected chi connectivity index (χ2v) is 19.4. The van der Waals surface area contributed by atoms with Crippen LogP contribution in [-0.2, 0) is 31.9 Å². The van der Waals surface area contributed by atoms with Crippen LogP contribution >= 0.6 is 0 Å². The average Bonchev–Trinajstić information content (AvgIpc) is 3.75. The molecule has 0 aliphatic heterocycles. The predicted octanol–water partition coefficient (Wildman–Crippen LogP) is 16.5. The van der Waals surface area contributed by atoms with Crippen molar-refractivity contribution in [2.45, 2.75) is 59.2 Å². The van der Waals surface area contributed by atoms with Gasteiger partial charge in [0.2, 0.25) is 0 Å². The molecule has 0 saturated heterocycles. The molecule has 0 bridgehead atoms. The Kier molecular flexibility index (Phi) is 11.5. The van der Waals surface area contributed by atoms with Crippen molar-refractivity contribution in [3.63, 3.8) is 0 Å². The Morgan fingerprint density at radius 3 is 1.74 bits per heavy atom. The van der Waals surface area contributed by atoms with Crippen molar-refractivity contribution < 1.29 is 30.3 Å². The van der Waals surface area contributed by atoms with Crippen LogP contribution in [0.2, 0.25) is 0 Å². The van der Waals surface area contributed by atoms with Crippen molar-refractivity contribution in [1.29, 1.82) is 0 Å². The minimum absolute atomic E-state index is 0. The first-order valence-corrected chi connectivity index (χ1v) is 22.9. The number of hydrogen-bond donors (Lipinski definition) is 1. The third kappa shape index (κ3) is 9.02. The molecular formula is C63H54N3OPt-. The Hall–Kier alpha value is -7.13. The quantitative estimate of drug-likeness (QED) is 0.154. The summed E-state index contributed by atoms with van der Waals surface area (Å²) in [5.74, 6) is 0.523. The summed E-state index contributed by atoms with van der Waals surface area (Å²) in [5, 5.41) is 11.6. The number of pyridine rings is 1. The molecule has 0 aliphatic carbocycles. The molecule has 2 aromatic heterocycles. The van der Waals surface area contributed by atoms with Crippen molar-refractivity contribution >= 4 is 11.0 Å². The summed E-state index contributed by atoms with van der Waals surface area (Å²) in [6, 6.07) is 66.7. The van der Waals surface area contributed by atoms with E-state index in [1.54, 1.807) is 18.2 Å².